The largest absolute Gasteiger partial charge is 0.361 e. The van der Waals surface area contributed by atoms with Crippen LogP contribution < -0.4 is 5.32 Å². The second-order valence-electron chi connectivity index (χ2n) is 7.05. The molecule has 4 rings (SSSR count). The van der Waals surface area contributed by atoms with Gasteiger partial charge in [0.2, 0.25) is 0 Å². The van der Waals surface area contributed by atoms with E-state index in [0.717, 1.165) is 36.0 Å². The number of nitrogens with one attached hydrogen (secondary N) is 3. The van der Waals surface area contributed by atoms with E-state index < -0.39 is 0 Å². The van der Waals surface area contributed by atoms with Crippen LogP contribution in [-0.2, 0) is 13.0 Å². The standard InChI is InChI=1S/C23H26N6/c1-24-23(25-13-12-18-14-26-20-11-7-6-10-19(18)20)29(2)16-22-27-15-21(28-22)17-8-4-3-5-9-17/h3-11,14-15,26H,12-13,16H2,1-2H3,(H,24,25)(H,27,28). The zero-order valence-corrected chi connectivity index (χ0v) is 16.8. The topological polar surface area (TPSA) is 72.1 Å². The van der Waals surface area contributed by atoms with Crippen LogP contribution in [0.1, 0.15) is 11.4 Å². The Morgan fingerprint density at radius 3 is 2.72 bits per heavy atom. The van der Waals surface area contributed by atoms with Crippen molar-refractivity contribution in [2.24, 2.45) is 4.99 Å². The van der Waals surface area contributed by atoms with Gasteiger partial charge in [0.25, 0.3) is 0 Å². The third-order valence-electron chi connectivity index (χ3n) is 5.03. The summed E-state index contributed by atoms with van der Waals surface area (Å²) >= 11 is 0. The zero-order valence-electron chi connectivity index (χ0n) is 16.8. The first-order chi connectivity index (χ1) is 14.2. The highest BCUT2D eigenvalue weighted by Gasteiger charge is 2.10. The van der Waals surface area contributed by atoms with Crippen molar-refractivity contribution in [2.45, 2.75) is 13.0 Å². The lowest BCUT2D eigenvalue weighted by Crippen LogP contribution is -2.39. The minimum Gasteiger partial charge on any atom is -0.361 e. The van der Waals surface area contributed by atoms with Crippen LogP contribution in [0.15, 0.2) is 72.0 Å². The van der Waals surface area contributed by atoms with Crippen LogP contribution >= 0.6 is 0 Å². The van der Waals surface area contributed by atoms with Gasteiger partial charge in [-0.25, -0.2) is 4.98 Å². The fraction of sp³-hybridized carbons (Fsp3) is 0.217. The van der Waals surface area contributed by atoms with Gasteiger partial charge >= 0.3 is 0 Å². The van der Waals surface area contributed by atoms with Crippen LogP contribution in [0, 0.1) is 0 Å². The summed E-state index contributed by atoms with van der Waals surface area (Å²) in [5.41, 5.74) is 4.65. The van der Waals surface area contributed by atoms with E-state index in [-0.39, 0.29) is 0 Å². The van der Waals surface area contributed by atoms with Crippen molar-refractivity contribution in [3.63, 3.8) is 0 Å². The highest BCUT2D eigenvalue weighted by atomic mass is 15.3. The molecule has 0 saturated heterocycles. The summed E-state index contributed by atoms with van der Waals surface area (Å²) in [5.74, 6) is 1.76. The second kappa shape index (κ2) is 8.65. The molecule has 2 aromatic heterocycles. The Morgan fingerprint density at radius 1 is 1.10 bits per heavy atom. The van der Waals surface area contributed by atoms with Gasteiger partial charge in [0.05, 0.1) is 18.4 Å². The van der Waals surface area contributed by atoms with Gasteiger partial charge in [-0.05, 0) is 23.6 Å². The van der Waals surface area contributed by atoms with E-state index in [9.17, 15) is 0 Å². The Kier molecular flexibility index (Phi) is 5.61. The molecule has 6 heteroatoms. The number of aromatic amines is 2. The van der Waals surface area contributed by atoms with Gasteiger partial charge in [0.15, 0.2) is 5.96 Å². The summed E-state index contributed by atoms with van der Waals surface area (Å²) in [6, 6.07) is 18.6. The second-order valence-corrected chi connectivity index (χ2v) is 7.05. The van der Waals surface area contributed by atoms with Crippen molar-refractivity contribution in [1.29, 1.82) is 0 Å². The number of H-pyrrole nitrogens is 2. The van der Waals surface area contributed by atoms with Crippen LogP contribution in [0.25, 0.3) is 22.2 Å². The number of hydrogen-bond acceptors (Lipinski definition) is 2. The van der Waals surface area contributed by atoms with E-state index in [2.05, 4.69) is 72.8 Å². The lowest BCUT2D eigenvalue weighted by Gasteiger charge is -2.21. The molecule has 0 atom stereocenters. The molecule has 0 saturated carbocycles. The number of nitrogens with zero attached hydrogens (tertiary/aromatic N) is 3. The molecule has 2 heterocycles. The molecule has 0 aliphatic carbocycles. The number of aliphatic imine (C=N–C) groups is 1. The van der Waals surface area contributed by atoms with Gasteiger partial charge in [-0.2, -0.15) is 0 Å². The van der Waals surface area contributed by atoms with E-state index in [4.69, 9.17) is 0 Å². The molecule has 0 radical (unpaired) electrons. The molecule has 0 bridgehead atoms. The molecule has 0 unspecified atom stereocenters. The van der Waals surface area contributed by atoms with Gasteiger partial charge in [-0.1, -0.05) is 48.5 Å². The van der Waals surface area contributed by atoms with Crippen molar-refractivity contribution in [2.75, 3.05) is 20.6 Å². The summed E-state index contributed by atoms with van der Waals surface area (Å²) in [4.78, 5) is 17.7. The van der Waals surface area contributed by atoms with Crippen LogP contribution in [0.2, 0.25) is 0 Å². The van der Waals surface area contributed by atoms with Crippen molar-refractivity contribution in [3.8, 4) is 11.3 Å². The first kappa shape index (κ1) is 18.8. The predicted octanol–water partition coefficient (Wildman–Crippen LogP) is 3.81. The lowest BCUT2D eigenvalue weighted by molar-refractivity contribution is 0.464. The molecule has 29 heavy (non-hydrogen) atoms. The number of imidazole rings is 1. The predicted molar refractivity (Wildman–Crippen MR) is 119 cm³/mol. The first-order valence-corrected chi connectivity index (χ1v) is 9.80. The molecule has 0 aliphatic rings. The number of guanidine groups is 1. The monoisotopic (exact) mass is 386 g/mol. The summed E-state index contributed by atoms with van der Waals surface area (Å²) < 4.78 is 0. The smallest absolute Gasteiger partial charge is 0.193 e. The fourth-order valence-corrected chi connectivity index (χ4v) is 3.54. The number of para-hydroxylation sites is 1. The van der Waals surface area contributed by atoms with Crippen molar-refractivity contribution in [1.82, 2.24) is 25.2 Å². The maximum Gasteiger partial charge on any atom is 0.193 e. The lowest BCUT2D eigenvalue weighted by atomic mass is 10.1. The van der Waals surface area contributed by atoms with Gasteiger partial charge in [0.1, 0.15) is 5.82 Å². The van der Waals surface area contributed by atoms with Gasteiger partial charge in [-0.3, -0.25) is 4.99 Å². The van der Waals surface area contributed by atoms with Crippen molar-refractivity contribution >= 4 is 16.9 Å². The number of hydrogen-bond donors (Lipinski definition) is 3. The molecule has 6 nitrogen and oxygen atoms in total. The Morgan fingerprint density at radius 2 is 1.90 bits per heavy atom. The summed E-state index contributed by atoms with van der Waals surface area (Å²) in [7, 11) is 3.83. The summed E-state index contributed by atoms with van der Waals surface area (Å²) in [5, 5.41) is 4.73. The van der Waals surface area contributed by atoms with E-state index in [0.29, 0.717) is 6.54 Å². The number of benzene rings is 2. The third-order valence-corrected chi connectivity index (χ3v) is 5.03. The van der Waals surface area contributed by atoms with E-state index in [1.54, 1.807) is 0 Å². The average Bonchev–Trinajstić information content (AvgIpc) is 3.39. The molecule has 2 aromatic carbocycles. The Labute approximate surface area is 170 Å². The Bertz CT molecular complexity index is 1090. The fourth-order valence-electron chi connectivity index (χ4n) is 3.54. The van der Waals surface area contributed by atoms with Crippen LogP contribution in [0.5, 0.6) is 0 Å². The quantitative estimate of drug-likeness (QED) is 0.349. The molecule has 3 N–H and O–H groups in total. The third kappa shape index (κ3) is 4.32. The maximum absolute atomic E-state index is 4.52. The molecular formula is C23H26N6. The van der Waals surface area contributed by atoms with E-state index >= 15 is 0 Å². The molecular weight excluding hydrogens is 360 g/mol. The van der Waals surface area contributed by atoms with Crippen molar-refractivity contribution < 1.29 is 0 Å². The van der Waals surface area contributed by atoms with Gasteiger partial charge < -0.3 is 20.2 Å². The molecule has 4 aromatic rings. The molecule has 0 aliphatic heterocycles. The molecule has 0 amide bonds. The maximum atomic E-state index is 4.52. The van der Waals surface area contributed by atoms with E-state index in [1.165, 1.54) is 16.5 Å². The molecule has 148 valence electrons. The summed E-state index contributed by atoms with van der Waals surface area (Å²) in [6.45, 7) is 1.46. The summed E-state index contributed by atoms with van der Waals surface area (Å²) in [6.07, 6.45) is 4.90. The van der Waals surface area contributed by atoms with Crippen LogP contribution in [-0.4, -0.2) is 46.5 Å². The average molecular weight is 387 g/mol. The number of aromatic nitrogens is 3. The van der Waals surface area contributed by atoms with Gasteiger partial charge in [-0.15, -0.1) is 0 Å². The highest BCUT2D eigenvalue weighted by Crippen LogP contribution is 2.18. The van der Waals surface area contributed by atoms with E-state index in [1.807, 2.05) is 38.5 Å². The number of rotatable bonds is 6. The Balaban J connectivity index is 1.34. The van der Waals surface area contributed by atoms with Crippen LogP contribution in [0.3, 0.4) is 0 Å². The van der Waals surface area contributed by atoms with Crippen molar-refractivity contribution in [3.05, 3.63) is 78.4 Å². The normalized spacial score (nSPS) is 11.7. The SMILES string of the molecule is CN=C(NCCc1c[nH]c2ccccc12)N(C)Cc1ncc(-c2ccccc2)[nH]1. The first-order valence-electron chi connectivity index (χ1n) is 9.80. The van der Waals surface area contributed by atoms with Crippen LogP contribution in [0.4, 0.5) is 0 Å². The number of fused-ring (bicyclic) bond motifs is 1. The Hall–Kier alpha value is -3.54. The highest BCUT2D eigenvalue weighted by molar-refractivity contribution is 5.83. The minimum atomic E-state index is 0.652. The van der Waals surface area contributed by atoms with Gasteiger partial charge in [0, 0.05) is 37.7 Å². The molecule has 0 fully saturated rings. The zero-order chi connectivity index (χ0) is 20.1. The minimum absolute atomic E-state index is 0.652. The molecule has 0 spiro atoms.